The number of carbonyl (C=O) groups excluding carboxylic acids is 2. The van der Waals surface area contributed by atoms with Crippen molar-refractivity contribution in [1.82, 2.24) is 15.2 Å². The van der Waals surface area contributed by atoms with E-state index in [9.17, 15) is 14.7 Å². The molecule has 2 heterocycles. The molecule has 0 saturated heterocycles. The molecule has 2 aromatic heterocycles. The van der Waals surface area contributed by atoms with E-state index in [1.165, 1.54) is 37.3 Å². The van der Waals surface area contributed by atoms with E-state index in [1.807, 2.05) is 0 Å². The zero-order valence-electron chi connectivity index (χ0n) is 13.1. The number of aliphatic hydroxyl groups excluding tert-OH is 1. The number of H-pyrrole nitrogens is 1. The molecule has 0 atom stereocenters. The number of allylic oxidation sites excluding steroid dienone is 1. The molecular weight excluding hydrogens is 342 g/mol. The van der Waals surface area contributed by atoms with Gasteiger partial charge in [0.05, 0.1) is 11.8 Å². The molecule has 0 aliphatic rings. The molecule has 25 heavy (non-hydrogen) atoms. The topological polar surface area (TPSA) is 109 Å². The molecule has 8 heteroatoms. The Morgan fingerprint density at radius 1 is 1.24 bits per heavy atom. The Morgan fingerprint density at radius 2 is 2.00 bits per heavy atom. The molecule has 7 nitrogen and oxygen atoms in total. The van der Waals surface area contributed by atoms with Crippen molar-refractivity contribution in [3.63, 3.8) is 0 Å². The fraction of sp³-hybridized carbons (Fsp3) is 0.0588. The molecule has 0 spiro atoms. The van der Waals surface area contributed by atoms with Crippen LogP contribution in [0.5, 0.6) is 0 Å². The van der Waals surface area contributed by atoms with E-state index in [2.05, 4.69) is 15.2 Å². The van der Waals surface area contributed by atoms with Gasteiger partial charge in [-0.3, -0.25) is 14.7 Å². The maximum absolute atomic E-state index is 12.3. The van der Waals surface area contributed by atoms with Crippen molar-refractivity contribution >= 4 is 29.1 Å². The molecule has 3 rings (SSSR count). The Bertz CT molecular complexity index is 927. The van der Waals surface area contributed by atoms with E-state index in [0.717, 1.165) is 11.0 Å². The summed E-state index contributed by atoms with van der Waals surface area (Å²) in [6.07, 6.45) is 3.74. The molecule has 0 aliphatic heterocycles. The van der Waals surface area contributed by atoms with Gasteiger partial charge in [0.15, 0.2) is 22.4 Å². The number of hydrogen-bond acceptors (Lipinski definition) is 7. The highest BCUT2D eigenvalue weighted by Crippen LogP contribution is 2.32. The highest BCUT2D eigenvalue weighted by atomic mass is 32.2. The van der Waals surface area contributed by atoms with Crippen LogP contribution in [0.25, 0.3) is 5.76 Å². The Kier molecular flexibility index (Phi) is 4.80. The molecule has 0 saturated carbocycles. The van der Waals surface area contributed by atoms with Gasteiger partial charge in [0.25, 0.3) is 0 Å². The predicted octanol–water partition coefficient (Wildman–Crippen LogP) is 3.53. The fourth-order valence-corrected chi connectivity index (χ4v) is 2.89. The standard InChI is InChI=1S/C17H13N3O4S/c1-10(21)11-2-4-12(5-3-11)25-17-13(6-7-24-17)14(22)8-15(23)16-18-9-19-20-16/h2-9,23H,1H3,(H,18,19,20). The summed E-state index contributed by atoms with van der Waals surface area (Å²) in [5.41, 5.74) is 0.919. The van der Waals surface area contributed by atoms with Crippen LogP contribution in [0.3, 0.4) is 0 Å². The Labute approximate surface area is 146 Å². The first kappa shape index (κ1) is 16.7. The molecule has 0 aliphatic carbocycles. The number of hydrogen-bond donors (Lipinski definition) is 2. The quantitative estimate of drug-likeness (QED) is 0.395. The summed E-state index contributed by atoms with van der Waals surface area (Å²) in [5.74, 6) is -0.753. The molecule has 0 amide bonds. The van der Waals surface area contributed by atoms with Gasteiger partial charge in [0, 0.05) is 16.5 Å². The van der Waals surface area contributed by atoms with Gasteiger partial charge in [-0.2, -0.15) is 5.10 Å². The lowest BCUT2D eigenvalue weighted by molar-refractivity contribution is 0.101. The molecular formula is C17H13N3O4S. The van der Waals surface area contributed by atoms with E-state index >= 15 is 0 Å². The van der Waals surface area contributed by atoms with E-state index in [-0.39, 0.29) is 17.4 Å². The van der Waals surface area contributed by atoms with Crippen molar-refractivity contribution in [3.8, 4) is 0 Å². The number of aromatic nitrogens is 3. The van der Waals surface area contributed by atoms with Crippen LogP contribution in [-0.4, -0.2) is 31.9 Å². The smallest absolute Gasteiger partial charge is 0.215 e. The highest BCUT2D eigenvalue weighted by molar-refractivity contribution is 7.99. The number of rotatable bonds is 6. The van der Waals surface area contributed by atoms with Gasteiger partial charge in [-0.25, -0.2) is 4.98 Å². The molecule has 2 N–H and O–H groups in total. The number of furan rings is 1. The van der Waals surface area contributed by atoms with Gasteiger partial charge < -0.3 is 9.52 Å². The van der Waals surface area contributed by atoms with Gasteiger partial charge in [0.2, 0.25) is 5.82 Å². The number of benzene rings is 1. The van der Waals surface area contributed by atoms with E-state index in [4.69, 9.17) is 4.42 Å². The van der Waals surface area contributed by atoms with Crippen LogP contribution in [0.2, 0.25) is 0 Å². The van der Waals surface area contributed by atoms with Gasteiger partial charge in [-0.05, 0) is 25.1 Å². The minimum Gasteiger partial charge on any atom is -0.504 e. The monoisotopic (exact) mass is 355 g/mol. The average molecular weight is 355 g/mol. The summed E-state index contributed by atoms with van der Waals surface area (Å²) >= 11 is 1.25. The minimum atomic E-state index is -0.432. The summed E-state index contributed by atoms with van der Waals surface area (Å²) in [5, 5.41) is 16.4. The second kappa shape index (κ2) is 7.18. The molecule has 1 aromatic carbocycles. The first-order valence-corrected chi connectivity index (χ1v) is 8.03. The number of carbonyl (C=O) groups is 2. The molecule has 0 fully saturated rings. The van der Waals surface area contributed by atoms with E-state index < -0.39 is 5.78 Å². The third kappa shape index (κ3) is 3.86. The van der Waals surface area contributed by atoms with Gasteiger partial charge in [-0.1, -0.05) is 23.9 Å². The van der Waals surface area contributed by atoms with Crippen molar-refractivity contribution < 1.29 is 19.1 Å². The average Bonchev–Trinajstić information content (AvgIpc) is 3.27. The number of aliphatic hydroxyl groups is 1. The van der Waals surface area contributed by atoms with Gasteiger partial charge in [-0.15, -0.1) is 0 Å². The second-order valence-electron chi connectivity index (χ2n) is 5.02. The van der Waals surface area contributed by atoms with Crippen LogP contribution in [0.4, 0.5) is 0 Å². The van der Waals surface area contributed by atoms with Crippen LogP contribution in [0, 0.1) is 0 Å². The lowest BCUT2D eigenvalue weighted by Gasteiger charge is -2.02. The summed E-state index contributed by atoms with van der Waals surface area (Å²) in [4.78, 5) is 28.2. The van der Waals surface area contributed by atoms with Gasteiger partial charge >= 0.3 is 0 Å². The Hall–Kier alpha value is -3.13. The van der Waals surface area contributed by atoms with Crippen LogP contribution in [0.1, 0.15) is 33.5 Å². The van der Waals surface area contributed by atoms with E-state index in [0.29, 0.717) is 16.2 Å². The minimum absolute atomic E-state index is 0.0157. The van der Waals surface area contributed by atoms with Crippen LogP contribution in [-0.2, 0) is 0 Å². The van der Waals surface area contributed by atoms with Crippen molar-refractivity contribution in [2.24, 2.45) is 0 Å². The lowest BCUT2D eigenvalue weighted by Crippen LogP contribution is -1.97. The largest absolute Gasteiger partial charge is 0.504 e. The molecule has 3 aromatic rings. The zero-order valence-corrected chi connectivity index (χ0v) is 13.9. The fourth-order valence-electron chi connectivity index (χ4n) is 2.02. The number of nitrogens with zero attached hydrogens (tertiary/aromatic N) is 2. The summed E-state index contributed by atoms with van der Waals surface area (Å²) < 4.78 is 5.37. The lowest BCUT2D eigenvalue weighted by atomic mass is 10.2. The number of aromatic amines is 1. The Morgan fingerprint density at radius 3 is 2.64 bits per heavy atom. The maximum Gasteiger partial charge on any atom is 0.215 e. The van der Waals surface area contributed by atoms with Crippen molar-refractivity contribution in [2.75, 3.05) is 0 Å². The second-order valence-corrected chi connectivity index (χ2v) is 6.07. The van der Waals surface area contributed by atoms with Crippen LogP contribution in [0.15, 0.2) is 63.4 Å². The van der Waals surface area contributed by atoms with Crippen molar-refractivity contribution in [3.05, 3.63) is 65.9 Å². The molecule has 0 bridgehead atoms. The van der Waals surface area contributed by atoms with E-state index in [1.54, 1.807) is 24.3 Å². The molecule has 0 unspecified atom stereocenters. The van der Waals surface area contributed by atoms with Crippen LogP contribution < -0.4 is 0 Å². The Balaban J connectivity index is 1.79. The summed E-state index contributed by atoms with van der Waals surface area (Å²) in [6, 6.07) is 8.50. The highest BCUT2D eigenvalue weighted by Gasteiger charge is 2.16. The maximum atomic E-state index is 12.3. The summed E-state index contributed by atoms with van der Waals surface area (Å²) in [6.45, 7) is 1.50. The third-order valence-corrected chi connectivity index (χ3v) is 4.29. The number of ketones is 2. The first-order chi connectivity index (χ1) is 12.0. The molecule has 126 valence electrons. The third-order valence-electron chi connectivity index (χ3n) is 3.28. The first-order valence-electron chi connectivity index (χ1n) is 7.22. The zero-order chi connectivity index (χ0) is 17.8. The van der Waals surface area contributed by atoms with Crippen molar-refractivity contribution in [1.29, 1.82) is 0 Å². The number of nitrogens with one attached hydrogen (secondary N) is 1. The predicted molar refractivity (Wildman–Crippen MR) is 90.6 cm³/mol. The normalized spacial score (nSPS) is 11.5. The van der Waals surface area contributed by atoms with Gasteiger partial charge in [0.1, 0.15) is 6.33 Å². The summed E-state index contributed by atoms with van der Waals surface area (Å²) in [7, 11) is 0. The van der Waals surface area contributed by atoms with Crippen molar-refractivity contribution in [2.45, 2.75) is 16.9 Å². The molecule has 0 radical (unpaired) electrons. The number of Topliss-reactive ketones (excluding diaryl/α,β-unsaturated/α-hetero) is 1. The SMILES string of the molecule is CC(=O)c1ccc(Sc2occc2C(=O)C=C(O)c2nc[nH]n2)cc1. The van der Waals surface area contributed by atoms with Crippen LogP contribution >= 0.6 is 11.8 Å².